The number of hydrogen-bond acceptors (Lipinski definition) is 3. The quantitative estimate of drug-likeness (QED) is 0.869. The first-order chi connectivity index (χ1) is 8.70. The maximum Gasteiger partial charge on any atom is 0.123 e. The van der Waals surface area contributed by atoms with Gasteiger partial charge in [0.2, 0.25) is 0 Å². The predicted molar refractivity (Wildman–Crippen MR) is 70.6 cm³/mol. The lowest BCUT2D eigenvalue weighted by Crippen LogP contribution is -2.19. The number of nitrogen functional groups attached to an aromatic ring is 1. The summed E-state index contributed by atoms with van der Waals surface area (Å²) < 4.78 is 13.2. The Balaban J connectivity index is 2.23. The first kappa shape index (κ1) is 12.5. The Morgan fingerprint density at radius 3 is 2.89 bits per heavy atom. The minimum absolute atomic E-state index is 0.0206. The highest BCUT2D eigenvalue weighted by Crippen LogP contribution is 2.21. The Bertz CT molecular complexity index is 528. The molecule has 0 aliphatic carbocycles. The second kappa shape index (κ2) is 5.60. The van der Waals surface area contributed by atoms with Crippen molar-refractivity contribution >= 4 is 5.69 Å². The third kappa shape index (κ3) is 2.84. The Morgan fingerprint density at radius 1 is 1.39 bits per heavy atom. The molecule has 0 radical (unpaired) electrons. The van der Waals surface area contributed by atoms with Gasteiger partial charge < -0.3 is 11.1 Å². The fraction of sp³-hybridized carbons (Fsp3) is 0.214. The second-order valence-corrected chi connectivity index (χ2v) is 4.17. The SMILES string of the molecule is CNC(Cc1cnccc1N)c1cccc(F)c1. The molecule has 1 atom stereocenters. The Kier molecular flexibility index (Phi) is 3.89. The van der Waals surface area contributed by atoms with Crippen molar-refractivity contribution in [1.29, 1.82) is 0 Å². The molecule has 0 bridgehead atoms. The van der Waals surface area contributed by atoms with Crippen LogP contribution in [0.15, 0.2) is 42.7 Å². The van der Waals surface area contributed by atoms with Gasteiger partial charge in [0.1, 0.15) is 5.82 Å². The molecule has 18 heavy (non-hydrogen) atoms. The molecule has 1 aromatic heterocycles. The van der Waals surface area contributed by atoms with Gasteiger partial charge in [-0.25, -0.2) is 4.39 Å². The molecule has 1 heterocycles. The summed E-state index contributed by atoms with van der Waals surface area (Å²) in [5, 5.41) is 3.17. The van der Waals surface area contributed by atoms with E-state index < -0.39 is 0 Å². The summed E-state index contributed by atoms with van der Waals surface area (Å²) in [6.07, 6.45) is 4.09. The van der Waals surface area contributed by atoms with Gasteiger partial charge in [-0.3, -0.25) is 4.98 Å². The molecular weight excluding hydrogens is 229 g/mol. The highest BCUT2D eigenvalue weighted by Gasteiger charge is 2.12. The van der Waals surface area contributed by atoms with Gasteiger partial charge in [0.05, 0.1) is 0 Å². The van der Waals surface area contributed by atoms with E-state index in [2.05, 4.69) is 10.3 Å². The molecule has 0 amide bonds. The molecule has 4 heteroatoms. The van der Waals surface area contributed by atoms with E-state index in [0.29, 0.717) is 12.1 Å². The first-order valence-electron chi connectivity index (χ1n) is 5.82. The molecule has 2 rings (SSSR count). The van der Waals surface area contributed by atoms with Crippen LogP contribution in [0.5, 0.6) is 0 Å². The van der Waals surface area contributed by atoms with E-state index in [-0.39, 0.29) is 11.9 Å². The number of aromatic nitrogens is 1. The summed E-state index contributed by atoms with van der Waals surface area (Å²) >= 11 is 0. The van der Waals surface area contributed by atoms with Crippen molar-refractivity contribution in [2.45, 2.75) is 12.5 Å². The number of rotatable bonds is 4. The predicted octanol–water partition coefficient (Wildman–Crippen LogP) is 2.31. The average molecular weight is 245 g/mol. The zero-order valence-electron chi connectivity index (χ0n) is 10.2. The minimum Gasteiger partial charge on any atom is -0.398 e. The molecule has 0 saturated carbocycles. The number of nitrogens with one attached hydrogen (secondary N) is 1. The van der Waals surface area contributed by atoms with Crippen molar-refractivity contribution in [3.63, 3.8) is 0 Å². The fourth-order valence-electron chi connectivity index (χ4n) is 1.94. The molecule has 0 fully saturated rings. The monoisotopic (exact) mass is 245 g/mol. The molecule has 2 aromatic rings. The lowest BCUT2D eigenvalue weighted by Gasteiger charge is -2.17. The number of hydrogen-bond donors (Lipinski definition) is 2. The van der Waals surface area contributed by atoms with Gasteiger partial charge in [-0.2, -0.15) is 0 Å². The summed E-state index contributed by atoms with van der Waals surface area (Å²) in [6.45, 7) is 0. The Labute approximate surface area is 106 Å². The number of halogens is 1. The van der Waals surface area contributed by atoms with Crippen molar-refractivity contribution in [3.8, 4) is 0 Å². The second-order valence-electron chi connectivity index (χ2n) is 4.17. The minimum atomic E-state index is -0.230. The lowest BCUT2D eigenvalue weighted by atomic mass is 9.99. The standard InChI is InChI=1S/C14H16FN3/c1-17-14(10-3-2-4-12(15)7-10)8-11-9-18-6-5-13(11)16/h2-7,9,14,17H,8H2,1H3,(H2,16,18). The largest absolute Gasteiger partial charge is 0.398 e. The maximum atomic E-state index is 13.2. The summed E-state index contributed by atoms with van der Waals surface area (Å²) in [7, 11) is 1.85. The zero-order valence-corrected chi connectivity index (χ0v) is 10.2. The number of benzene rings is 1. The van der Waals surface area contributed by atoms with Gasteiger partial charge in [0, 0.05) is 24.1 Å². The molecule has 0 spiro atoms. The van der Waals surface area contributed by atoms with Crippen molar-refractivity contribution in [3.05, 3.63) is 59.7 Å². The number of anilines is 1. The molecule has 3 nitrogen and oxygen atoms in total. The van der Waals surface area contributed by atoms with E-state index in [1.807, 2.05) is 13.1 Å². The molecule has 0 saturated heterocycles. The average Bonchev–Trinajstić information content (AvgIpc) is 2.38. The number of pyridine rings is 1. The molecule has 1 unspecified atom stereocenters. The number of nitrogens with two attached hydrogens (primary N) is 1. The fourth-order valence-corrected chi connectivity index (χ4v) is 1.94. The van der Waals surface area contributed by atoms with Crippen molar-refractivity contribution in [2.75, 3.05) is 12.8 Å². The van der Waals surface area contributed by atoms with Crippen LogP contribution in [0.1, 0.15) is 17.2 Å². The van der Waals surface area contributed by atoms with E-state index in [9.17, 15) is 4.39 Å². The number of likely N-dealkylation sites (N-methyl/N-ethyl adjacent to an activating group) is 1. The van der Waals surface area contributed by atoms with E-state index >= 15 is 0 Å². The van der Waals surface area contributed by atoms with Crippen LogP contribution < -0.4 is 11.1 Å². The van der Waals surface area contributed by atoms with Crippen LogP contribution in [0.4, 0.5) is 10.1 Å². The molecule has 1 aromatic carbocycles. The molecular formula is C14H16FN3. The van der Waals surface area contributed by atoms with Crippen LogP contribution in [0.3, 0.4) is 0 Å². The number of nitrogens with zero attached hydrogens (tertiary/aromatic N) is 1. The van der Waals surface area contributed by atoms with Gasteiger partial charge >= 0.3 is 0 Å². The van der Waals surface area contributed by atoms with Crippen molar-refractivity contribution < 1.29 is 4.39 Å². The summed E-state index contributed by atoms with van der Waals surface area (Å²) in [5.41, 5.74) is 8.46. The Hall–Kier alpha value is -1.94. The molecule has 3 N–H and O–H groups in total. The van der Waals surface area contributed by atoms with Crippen LogP contribution in [0.2, 0.25) is 0 Å². The van der Waals surface area contributed by atoms with E-state index in [4.69, 9.17) is 5.73 Å². The van der Waals surface area contributed by atoms with Gasteiger partial charge in [0.25, 0.3) is 0 Å². The van der Waals surface area contributed by atoms with E-state index in [0.717, 1.165) is 11.1 Å². The molecule has 0 aliphatic rings. The summed E-state index contributed by atoms with van der Waals surface area (Å²) in [5.74, 6) is -0.230. The highest BCUT2D eigenvalue weighted by atomic mass is 19.1. The van der Waals surface area contributed by atoms with Crippen molar-refractivity contribution in [2.24, 2.45) is 0 Å². The maximum absolute atomic E-state index is 13.2. The van der Waals surface area contributed by atoms with E-state index in [1.165, 1.54) is 12.1 Å². The van der Waals surface area contributed by atoms with Gasteiger partial charge in [-0.15, -0.1) is 0 Å². The van der Waals surface area contributed by atoms with Crippen LogP contribution >= 0.6 is 0 Å². The van der Waals surface area contributed by atoms with Crippen LogP contribution in [-0.4, -0.2) is 12.0 Å². The normalized spacial score (nSPS) is 12.3. The topological polar surface area (TPSA) is 50.9 Å². The zero-order chi connectivity index (χ0) is 13.0. The van der Waals surface area contributed by atoms with Crippen LogP contribution in [-0.2, 0) is 6.42 Å². The smallest absolute Gasteiger partial charge is 0.123 e. The molecule has 0 aliphatic heterocycles. The van der Waals surface area contributed by atoms with Crippen LogP contribution in [0, 0.1) is 5.82 Å². The van der Waals surface area contributed by atoms with Crippen molar-refractivity contribution in [1.82, 2.24) is 10.3 Å². The van der Waals surface area contributed by atoms with Gasteiger partial charge in [0.15, 0.2) is 0 Å². The summed E-state index contributed by atoms with van der Waals surface area (Å²) in [4.78, 5) is 4.06. The Morgan fingerprint density at radius 2 is 2.22 bits per heavy atom. The van der Waals surface area contributed by atoms with Gasteiger partial charge in [-0.05, 0) is 42.8 Å². The first-order valence-corrected chi connectivity index (χ1v) is 5.82. The highest BCUT2D eigenvalue weighted by molar-refractivity contribution is 5.45. The third-order valence-electron chi connectivity index (χ3n) is 2.96. The summed E-state index contributed by atoms with van der Waals surface area (Å²) in [6, 6.07) is 8.38. The van der Waals surface area contributed by atoms with Crippen LogP contribution in [0.25, 0.3) is 0 Å². The van der Waals surface area contributed by atoms with E-state index in [1.54, 1.807) is 24.5 Å². The van der Waals surface area contributed by atoms with Gasteiger partial charge in [-0.1, -0.05) is 12.1 Å². The third-order valence-corrected chi connectivity index (χ3v) is 2.96. The molecule has 94 valence electrons. The lowest BCUT2D eigenvalue weighted by molar-refractivity contribution is 0.577.